The van der Waals surface area contributed by atoms with Gasteiger partial charge in [-0.05, 0) is 105 Å². The number of hydrogen-bond acceptors (Lipinski definition) is 10. The summed E-state index contributed by atoms with van der Waals surface area (Å²) in [5.74, 6) is 2.68. The summed E-state index contributed by atoms with van der Waals surface area (Å²) in [6, 6.07) is 12.1. The molecule has 1 amide bonds. The number of carbonyl (C=O) groups excluding carboxylic acids is 2. The minimum atomic E-state index is -0.693. The lowest BCUT2D eigenvalue weighted by Crippen LogP contribution is -2.37. The lowest BCUT2D eigenvalue weighted by Gasteiger charge is -2.29. The van der Waals surface area contributed by atoms with Crippen molar-refractivity contribution in [3.63, 3.8) is 0 Å². The van der Waals surface area contributed by atoms with Crippen LogP contribution >= 0.6 is 10.0 Å². The van der Waals surface area contributed by atoms with E-state index in [-0.39, 0.29) is 23.8 Å². The topological polar surface area (TPSA) is 149 Å². The highest BCUT2D eigenvalue weighted by molar-refractivity contribution is 8.32. The minimum absolute atomic E-state index is 0.146. The Kier molecular flexibility index (Phi) is 13.9. The van der Waals surface area contributed by atoms with Gasteiger partial charge in [-0.15, -0.1) is 10.2 Å². The highest BCUT2D eigenvalue weighted by atomic mass is 32.3. The molecule has 3 aromatic heterocycles. The quantitative estimate of drug-likeness (QED) is 0.111. The number of nitrogens with zero attached hydrogens (tertiary/aromatic N) is 6. The first-order chi connectivity index (χ1) is 24.9. The smallest absolute Gasteiger partial charge is 0.410 e. The molecule has 0 bridgehead atoms. The monoisotopic (exact) mass is 750 g/mol. The molecular weight excluding hydrogens is 693 g/mol. The van der Waals surface area contributed by atoms with E-state index >= 15 is 0 Å². The molecule has 0 saturated carbocycles. The van der Waals surface area contributed by atoms with Gasteiger partial charge in [0.05, 0.1) is 48.2 Å². The van der Waals surface area contributed by atoms with E-state index in [9.17, 15) is 9.59 Å². The van der Waals surface area contributed by atoms with Gasteiger partial charge in [-0.3, -0.25) is 9.69 Å². The molecule has 1 aliphatic rings. The van der Waals surface area contributed by atoms with Crippen molar-refractivity contribution in [2.24, 2.45) is 0 Å². The predicted molar refractivity (Wildman–Crippen MR) is 212 cm³/mol. The Morgan fingerprint density at radius 3 is 2.21 bits per heavy atom. The zero-order valence-corrected chi connectivity index (χ0v) is 34.0. The second-order valence-corrected chi connectivity index (χ2v) is 20.6. The third-order valence-electron chi connectivity index (χ3n) is 8.38. The summed E-state index contributed by atoms with van der Waals surface area (Å²) in [6.45, 7) is 15.2. The number of nitrogens with one attached hydrogen (secondary N) is 2. The molecule has 5 rings (SSSR count). The number of H-pyrrole nitrogens is 1. The Labute approximate surface area is 316 Å². The SMILES string of the molecule is CC(C)(C)OC=O.CN[C@@H](C)c1ncc(-c2ccc(-c3ccc(-c4cnc([C@@H]5CCCN5C(=O)OC(C)(C)C)n4COCCS(C)(C)C)nn3)cc2)[nH]1. The van der Waals surface area contributed by atoms with E-state index in [1.807, 2.05) is 89.8 Å². The molecule has 1 saturated heterocycles. The molecule has 0 unspecified atom stereocenters. The number of rotatable bonds is 12. The van der Waals surface area contributed by atoms with Crippen LogP contribution in [0.3, 0.4) is 0 Å². The van der Waals surface area contributed by atoms with Gasteiger partial charge in [-0.2, -0.15) is 0 Å². The Bertz CT molecular complexity index is 1770. The average Bonchev–Trinajstić information content (AvgIpc) is 3.85. The summed E-state index contributed by atoms with van der Waals surface area (Å²) in [5.41, 5.74) is 4.35. The van der Waals surface area contributed by atoms with Gasteiger partial charge in [0.15, 0.2) is 0 Å². The van der Waals surface area contributed by atoms with Crippen LogP contribution in [0.2, 0.25) is 0 Å². The Balaban J connectivity index is 0.000000815. The zero-order valence-electron chi connectivity index (χ0n) is 33.2. The number of likely N-dealkylation sites (tertiary alicyclic amines) is 1. The van der Waals surface area contributed by atoms with Gasteiger partial charge in [-0.25, -0.2) is 24.8 Å². The third-order valence-corrected chi connectivity index (χ3v) is 9.78. The van der Waals surface area contributed by atoms with E-state index in [1.54, 1.807) is 4.90 Å². The number of aromatic amines is 1. The van der Waals surface area contributed by atoms with Gasteiger partial charge < -0.3 is 29.1 Å². The molecule has 0 radical (unpaired) electrons. The van der Waals surface area contributed by atoms with Crippen molar-refractivity contribution in [3.05, 3.63) is 60.4 Å². The fraction of sp³-hybridized carbons (Fsp3) is 0.538. The van der Waals surface area contributed by atoms with Gasteiger partial charge >= 0.3 is 6.09 Å². The molecule has 53 heavy (non-hydrogen) atoms. The molecule has 2 atom stereocenters. The molecule has 0 spiro atoms. The van der Waals surface area contributed by atoms with Gasteiger partial charge in [0.2, 0.25) is 0 Å². The van der Waals surface area contributed by atoms with Gasteiger partial charge in [0.25, 0.3) is 6.47 Å². The third kappa shape index (κ3) is 12.1. The van der Waals surface area contributed by atoms with Crippen LogP contribution < -0.4 is 5.32 Å². The van der Waals surface area contributed by atoms with Gasteiger partial charge in [-0.1, -0.05) is 24.3 Å². The minimum Gasteiger partial charge on any atom is -0.462 e. The number of aromatic nitrogens is 6. The van der Waals surface area contributed by atoms with Crippen LogP contribution in [0.1, 0.15) is 85.0 Å². The summed E-state index contributed by atoms with van der Waals surface area (Å²) in [5, 5.41) is 12.4. The second kappa shape index (κ2) is 17.7. The molecule has 13 nitrogen and oxygen atoms in total. The summed E-state index contributed by atoms with van der Waals surface area (Å²) in [6.07, 6.45) is 11.9. The lowest BCUT2D eigenvalue weighted by atomic mass is 10.1. The first-order valence-corrected chi connectivity index (χ1v) is 21.0. The maximum Gasteiger partial charge on any atom is 0.410 e. The van der Waals surface area contributed by atoms with Crippen LogP contribution in [0.25, 0.3) is 33.9 Å². The lowest BCUT2D eigenvalue weighted by molar-refractivity contribution is -0.138. The number of hydrogen-bond donors (Lipinski definition) is 2. The normalized spacial score (nSPS) is 15.8. The first kappa shape index (κ1) is 41.5. The number of imidazole rings is 2. The highest BCUT2D eigenvalue weighted by Crippen LogP contribution is 2.36. The Morgan fingerprint density at radius 2 is 1.64 bits per heavy atom. The second-order valence-electron chi connectivity index (χ2n) is 16.0. The highest BCUT2D eigenvalue weighted by Gasteiger charge is 2.36. The summed E-state index contributed by atoms with van der Waals surface area (Å²) in [7, 11) is 1.22. The standard InChI is InChI=1S/C34H48N8O3S.C5H10O2/c1-23(35-5)31-36-20-28(38-31)25-13-11-24(12-14-25)26-15-16-27(40-39-26)30-21-37-32(42(30)22-44-18-19-46(6,7)8)29-10-9-17-41(29)33(43)45-34(2,3)4;1-5(2,3)7-4-6/h11-16,20-21,23,29,35H,9-10,17-19,22H2,1-8H3,(H,36,38);4H,1-3H3/t23-,29-;/m0./s1. The fourth-order valence-electron chi connectivity index (χ4n) is 5.46. The first-order valence-electron chi connectivity index (χ1n) is 18.0. The molecule has 1 aliphatic heterocycles. The predicted octanol–water partition coefficient (Wildman–Crippen LogP) is 7.38. The van der Waals surface area contributed by atoms with Crippen LogP contribution in [0.4, 0.5) is 4.79 Å². The van der Waals surface area contributed by atoms with Crippen molar-refractivity contribution in [2.45, 2.75) is 91.3 Å². The van der Waals surface area contributed by atoms with E-state index in [0.29, 0.717) is 32.0 Å². The van der Waals surface area contributed by atoms with Crippen LogP contribution in [-0.2, 0) is 25.7 Å². The molecule has 1 fully saturated rings. The van der Waals surface area contributed by atoms with Gasteiger partial charge in [0.1, 0.15) is 35.3 Å². The van der Waals surface area contributed by atoms with Crippen LogP contribution in [0.5, 0.6) is 0 Å². The molecule has 4 aromatic rings. The van der Waals surface area contributed by atoms with Crippen molar-refractivity contribution in [2.75, 3.05) is 44.7 Å². The van der Waals surface area contributed by atoms with Crippen LogP contribution in [-0.4, -0.2) is 103 Å². The van der Waals surface area contributed by atoms with Crippen LogP contribution in [0.15, 0.2) is 48.8 Å². The molecule has 14 heteroatoms. The zero-order chi connectivity index (χ0) is 39.0. The number of benzene rings is 1. The summed E-state index contributed by atoms with van der Waals surface area (Å²) in [4.78, 5) is 37.2. The van der Waals surface area contributed by atoms with E-state index in [4.69, 9.17) is 14.5 Å². The number of ether oxygens (including phenoxy) is 3. The van der Waals surface area contributed by atoms with Gasteiger partial charge in [0, 0.05) is 17.9 Å². The van der Waals surface area contributed by atoms with Crippen molar-refractivity contribution >= 4 is 22.6 Å². The number of carbonyl (C=O) groups is 2. The average molecular weight is 751 g/mol. The largest absolute Gasteiger partial charge is 0.462 e. The Hall–Kier alpha value is -4.27. The maximum atomic E-state index is 13.1. The van der Waals surface area contributed by atoms with Crippen molar-refractivity contribution < 1.29 is 23.8 Å². The van der Waals surface area contributed by atoms with E-state index < -0.39 is 15.6 Å². The molecule has 4 heterocycles. The van der Waals surface area contributed by atoms with Crippen molar-refractivity contribution in [3.8, 4) is 33.9 Å². The maximum absolute atomic E-state index is 13.1. The van der Waals surface area contributed by atoms with E-state index in [2.05, 4.69) is 68.0 Å². The van der Waals surface area contributed by atoms with Crippen molar-refractivity contribution in [1.29, 1.82) is 0 Å². The number of amides is 1. The molecule has 0 aliphatic carbocycles. The van der Waals surface area contributed by atoms with E-state index in [0.717, 1.165) is 58.5 Å². The summed E-state index contributed by atoms with van der Waals surface area (Å²) < 4.78 is 18.5. The molecular formula is C39H58N8O5S. The summed E-state index contributed by atoms with van der Waals surface area (Å²) >= 11 is 0. The molecule has 290 valence electrons. The van der Waals surface area contributed by atoms with E-state index in [1.165, 1.54) is 0 Å². The molecule has 2 N–H and O–H groups in total. The van der Waals surface area contributed by atoms with Crippen LogP contribution in [0, 0.1) is 0 Å². The van der Waals surface area contributed by atoms with Crippen molar-refractivity contribution in [1.82, 2.24) is 39.9 Å². The Morgan fingerprint density at radius 1 is 0.981 bits per heavy atom. The molecule has 1 aromatic carbocycles. The fourth-order valence-corrected chi connectivity index (χ4v) is 6.08.